The fourth-order valence-corrected chi connectivity index (χ4v) is 1.79. The third-order valence-corrected chi connectivity index (χ3v) is 2.89. The molecule has 0 aliphatic heterocycles. The first-order chi connectivity index (χ1) is 10.0. The highest BCUT2D eigenvalue weighted by Gasteiger charge is 2.15. The normalized spacial score (nSPS) is 10.2. The highest BCUT2D eigenvalue weighted by molar-refractivity contribution is 5.64. The Morgan fingerprint density at radius 2 is 2.00 bits per heavy atom. The van der Waals surface area contributed by atoms with Crippen molar-refractivity contribution in [2.45, 2.75) is 6.54 Å². The van der Waals surface area contributed by atoms with Crippen LogP contribution in [0.1, 0.15) is 5.56 Å². The molecular weight excluding hydrogens is 282 g/mol. The van der Waals surface area contributed by atoms with E-state index in [-0.39, 0.29) is 23.5 Å². The van der Waals surface area contributed by atoms with E-state index >= 15 is 0 Å². The van der Waals surface area contributed by atoms with E-state index in [4.69, 9.17) is 4.74 Å². The number of methoxy groups -OCH3 is 1. The quantitative estimate of drug-likeness (QED) is 0.677. The summed E-state index contributed by atoms with van der Waals surface area (Å²) in [6.07, 6.45) is 0. The number of halogens is 2. The number of nitro benzene ring substituents is 1. The van der Waals surface area contributed by atoms with Crippen LogP contribution < -0.4 is 10.1 Å². The highest BCUT2D eigenvalue weighted by Crippen LogP contribution is 2.29. The second-order valence-electron chi connectivity index (χ2n) is 4.23. The summed E-state index contributed by atoms with van der Waals surface area (Å²) < 4.78 is 31.2. The number of nitrogens with one attached hydrogen (secondary N) is 1. The van der Waals surface area contributed by atoms with Gasteiger partial charge in [-0.25, -0.2) is 8.78 Å². The minimum Gasteiger partial charge on any atom is -0.496 e. The molecule has 21 heavy (non-hydrogen) atoms. The summed E-state index contributed by atoms with van der Waals surface area (Å²) in [4.78, 5) is 10.4. The van der Waals surface area contributed by atoms with Crippen LogP contribution in [-0.2, 0) is 6.54 Å². The van der Waals surface area contributed by atoms with Crippen LogP contribution in [0.25, 0.3) is 0 Å². The molecule has 1 N–H and O–H groups in total. The molecule has 0 saturated carbocycles. The van der Waals surface area contributed by atoms with Crippen LogP contribution in [0.4, 0.5) is 20.2 Å². The molecule has 0 heterocycles. The van der Waals surface area contributed by atoms with Gasteiger partial charge in [0.15, 0.2) is 0 Å². The predicted octanol–water partition coefficient (Wildman–Crippen LogP) is 3.49. The highest BCUT2D eigenvalue weighted by atomic mass is 19.1. The Balaban J connectivity index is 2.21. The van der Waals surface area contributed by atoms with Crippen molar-refractivity contribution in [3.63, 3.8) is 0 Å². The molecule has 0 amide bonds. The van der Waals surface area contributed by atoms with E-state index in [1.54, 1.807) is 6.07 Å². The first-order valence-electron chi connectivity index (χ1n) is 6.01. The average Bonchev–Trinajstić information content (AvgIpc) is 2.46. The van der Waals surface area contributed by atoms with Crippen molar-refractivity contribution in [3.8, 4) is 5.75 Å². The van der Waals surface area contributed by atoms with E-state index in [9.17, 15) is 18.9 Å². The van der Waals surface area contributed by atoms with Crippen LogP contribution in [0.3, 0.4) is 0 Å². The lowest BCUT2D eigenvalue weighted by Crippen LogP contribution is -2.04. The molecule has 2 aromatic carbocycles. The number of hydrogen-bond donors (Lipinski definition) is 1. The van der Waals surface area contributed by atoms with E-state index in [1.807, 2.05) is 0 Å². The second kappa shape index (κ2) is 6.17. The van der Waals surface area contributed by atoms with Crippen molar-refractivity contribution < 1.29 is 18.4 Å². The number of nitro groups is 1. The molecule has 0 saturated heterocycles. The summed E-state index contributed by atoms with van der Waals surface area (Å²) in [6.45, 7) is -0.000712. The number of rotatable bonds is 5. The van der Waals surface area contributed by atoms with Crippen LogP contribution in [0.5, 0.6) is 5.75 Å². The Labute approximate surface area is 119 Å². The van der Waals surface area contributed by atoms with Gasteiger partial charge >= 0.3 is 0 Å². The van der Waals surface area contributed by atoms with Gasteiger partial charge in [-0.1, -0.05) is 6.07 Å². The van der Waals surface area contributed by atoms with Gasteiger partial charge in [-0.3, -0.25) is 10.1 Å². The van der Waals surface area contributed by atoms with Crippen molar-refractivity contribution >= 4 is 11.4 Å². The summed E-state index contributed by atoms with van der Waals surface area (Å²) in [6, 6.07) is 7.47. The van der Waals surface area contributed by atoms with Crippen LogP contribution in [0.15, 0.2) is 36.4 Å². The third kappa shape index (κ3) is 3.44. The zero-order valence-corrected chi connectivity index (χ0v) is 11.1. The van der Waals surface area contributed by atoms with E-state index < -0.39 is 16.6 Å². The number of hydrogen-bond acceptors (Lipinski definition) is 4. The van der Waals surface area contributed by atoms with Crippen molar-refractivity contribution in [1.82, 2.24) is 0 Å². The van der Waals surface area contributed by atoms with Crippen molar-refractivity contribution in [3.05, 3.63) is 63.7 Å². The molecule has 5 nitrogen and oxygen atoms in total. The first-order valence-corrected chi connectivity index (χ1v) is 6.01. The van der Waals surface area contributed by atoms with Gasteiger partial charge in [0, 0.05) is 18.2 Å². The molecule has 2 rings (SSSR count). The molecule has 110 valence electrons. The molecule has 2 aromatic rings. The number of benzene rings is 2. The number of nitrogens with zero attached hydrogens (tertiary/aromatic N) is 1. The fourth-order valence-electron chi connectivity index (χ4n) is 1.79. The summed E-state index contributed by atoms with van der Waals surface area (Å²) in [5, 5.41) is 13.8. The smallest absolute Gasteiger partial charge is 0.296 e. The molecule has 0 bridgehead atoms. The van der Waals surface area contributed by atoms with E-state index in [0.717, 1.165) is 12.1 Å². The molecule has 0 aliphatic carbocycles. The summed E-state index contributed by atoms with van der Waals surface area (Å²) >= 11 is 0. The molecule has 0 radical (unpaired) electrons. The van der Waals surface area contributed by atoms with Crippen LogP contribution in [0, 0.1) is 21.7 Å². The Kier molecular flexibility index (Phi) is 4.32. The fraction of sp³-hybridized carbons (Fsp3) is 0.143. The molecule has 0 fully saturated rings. The van der Waals surface area contributed by atoms with Gasteiger partial charge in [0.25, 0.3) is 5.69 Å². The van der Waals surface area contributed by atoms with Crippen molar-refractivity contribution in [2.75, 3.05) is 12.4 Å². The van der Waals surface area contributed by atoms with Gasteiger partial charge in [-0.2, -0.15) is 0 Å². The van der Waals surface area contributed by atoms with Crippen LogP contribution in [0.2, 0.25) is 0 Å². The second-order valence-corrected chi connectivity index (χ2v) is 4.23. The lowest BCUT2D eigenvalue weighted by molar-refractivity contribution is -0.384. The Morgan fingerprint density at radius 3 is 2.62 bits per heavy atom. The summed E-state index contributed by atoms with van der Waals surface area (Å²) in [5.74, 6) is -1.04. The van der Waals surface area contributed by atoms with E-state index in [2.05, 4.69) is 5.32 Å². The molecule has 7 heteroatoms. The van der Waals surface area contributed by atoms with Gasteiger partial charge in [0.05, 0.1) is 18.1 Å². The van der Waals surface area contributed by atoms with Gasteiger partial charge in [0.1, 0.15) is 23.1 Å². The minimum absolute atomic E-state index is 0.000712. The standard InChI is InChI=1S/C14H12F2N2O3/c1-21-11-4-5-13(14(7-11)18(19)20)17-8-9-2-3-10(15)6-12(9)16/h2-7,17H,8H2,1H3. The zero-order valence-electron chi connectivity index (χ0n) is 11.1. The SMILES string of the molecule is COc1ccc(NCc2ccc(F)cc2F)c([N+](=O)[O-])c1. The lowest BCUT2D eigenvalue weighted by Gasteiger charge is -2.09. The van der Waals surface area contributed by atoms with Gasteiger partial charge in [-0.05, 0) is 18.2 Å². The van der Waals surface area contributed by atoms with Gasteiger partial charge in [0.2, 0.25) is 0 Å². The summed E-state index contributed by atoms with van der Waals surface area (Å²) in [5.41, 5.74) is 0.253. The Morgan fingerprint density at radius 1 is 1.24 bits per heavy atom. The third-order valence-electron chi connectivity index (χ3n) is 2.89. The summed E-state index contributed by atoms with van der Waals surface area (Å²) in [7, 11) is 1.40. The molecule has 0 aliphatic rings. The largest absolute Gasteiger partial charge is 0.496 e. The average molecular weight is 294 g/mol. The maximum absolute atomic E-state index is 13.5. The van der Waals surface area contributed by atoms with Crippen LogP contribution in [-0.4, -0.2) is 12.0 Å². The van der Waals surface area contributed by atoms with E-state index in [0.29, 0.717) is 5.75 Å². The maximum atomic E-state index is 13.5. The van der Waals surface area contributed by atoms with Gasteiger partial charge < -0.3 is 10.1 Å². The van der Waals surface area contributed by atoms with Crippen LogP contribution >= 0.6 is 0 Å². The molecule has 0 aromatic heterocycles. The lowest BCUT2D eigenvalue weighted by atomic mass is 10.2. The van der Waals surface area contributed by atoms with Gasteiger partial charge in [-0.15, -0.1) is 0 Å². The zero-order chi connectivity index (χ0) is 15.4. The monoisotopic (exact) mass is 294 g/mol. The topological polar surface area (TPSA) is 64.4 Å². The minimum atomic E-state index is -0.710. The predicted molar refractivity (Wildman–Crippen MR) is 73.3 cm³/mol. The molecule has 0 unspecified atom stereocenters. The van der Waals surface area contributed by atoms with Crippen molar-refractivity contribution in [2.24, 2.45) is 0 Å². The number of anilines is 1. The molecule has 0 atom stereocenters. The number of ether oxygens (including phenoxy) is 1. The van der Waals surface area contributed by atoms with Crippen molar-refractivity contribution in [1.29, 1.82) is 0 Å². The Bertz CT molecular complexity index is 677. The first kappa shape index (κ1) is 14.7. The Hall–Kier alpha value is -2.70. The maximum Gasteiger partial charge on any atom is 0.296 e. The van der Waals surface area contributed by atoms with E-state index in [1.165, 1.54) is 25.3 Å². The molecule has 0 spiro atoms. The molecular formula is C14H12F2N2O3.